The Morgan fingerprint density at radius 1 is 1.00 bits per heavy atom. The van der Waals surface area contributed by atoms with Crippen LogP contribution in [0.25, 0.3) is 0 Å². The van der Waals surface area contributed by atoms with Crippen molar-refractivity contribution in [1.82, 2.24) is 15.3 Å². The highest BCUT2D eigenvalue weighted by molar-refractivity contribution is 5.93. The van der Waals surface area contributed by atoms with E-state index in [0.29, 0.717) is 17.1 Å². The molecule has 1 amide bonds. The Morgan fingerprint density at radius 2 is 1.79 bits per heavy atom. The molecular formula is C21H20N4O3. The van der Waals surface area contributed by atoms with E-state index in [9.17, 15) is 9.59 Å². The van der Waals surface area contributed by atoms with Crippen LogP contribution in [0.15, 0.2) is 67.0 Å². The topological polar surface area (TPSA) is 93.2 Å². The number of amides is 1. The van der Waals surface area contributed by atoms with E-state index in [4.69, 9.17) is 4.74 Å². The first-order valence-corrected chi connectivity index (χ1v) is 8.70. The van der Waals surface area contributed by atoms with Crippen molar-refractivity contribution in [2.75, 3.05) is 12.4 Å². The van der Waals surface area contributed by atoms with Gasteiger partial charge in [-0.05, 0) is 30.7 Å². The number of methoxy groups -OCH3 is 1. The third-order valence-electron chi connectivity index (χ3n) is 4.10. The first-order chi connectivity index (χ1) is 13.6. The molecule has 1 heterocycles. The van der Waals surface area contributed by atoms with Crippen molar-refractivity contribution in [3.8, 4) is 0 Å². The van der Waals surface area contributed by atoms with Gasteiger partial charge < -0.3 is 15.4 Å². The maximum absolute atomic E-state index is 12.5. The molecule has 142 valence electrons. The Labute approximate surface area is 162 Å². The Hall–Kier alpha value is -3.74. The predicted octanol–water partition coefficient (Wildman–Crippen LogP) is 3.50. The van der Waals surface area contributed by atoms with E-state index in [1.54, 1.807) is 30.3 Å². The number of benzene rings is 2. The highest BCUT2D eigenvalue weighted by atomic mass is 16.5. The maximum atomic E-state index is 12.5. The molecule has 1 aromatic heterocycles. The van der Waals surface area contributed by atoms with E-state index in [2.05, 4.69) is 20.6 Å². The summed E-state index contributed by atoms with van der Waals surface area (Å²) < 4.78 is 4.72. The second-order valence-electron chi connectivity index (χ2n) is 6.09. The fraction of sp³-hybridized carbons (Fsp3) is 0.143. The van der Waals surface area contributed by atoms with E-state index in [1.165, 1.54) is 13.4 Å². The molecule has 0 spiro atoms. The van der Waals surface area contributed by atoms with Crippen LogP contribution >= 0.6 is 0 Å². The molecular weight excluding hydrogens is 356 g/mol. The quantitative estimate of drug-likeness (QED) is 0.640. The minimum Gasteiger partial charge on any atom is -0.465 e. The number of nitrogens with one attached hydrogen (secondary N) is 2. The highest BCUT2D eigenvalue weighted by Crippen LogP contribution is 2.17. The highest BCUT2D eigenvalue weighted by Gasteiger charge is 2.13. The minimum absolute atomic E-state index is 0.156. The van der Waals surface area contributed by atoms with Crippen LogP contribution in [0.3, 0.4) is 0 Å². The zero-order valence-corrected chi connectivity index (χ0v) is 15.5. The average Bonchev–Trinajstić information content (AvgIpc) is 2.74. The molecule has 2 aromatic carbocycles. The summed E-state index contributed by atoms with van der Waals surface area (Å²) in [6.45, 7) is 1.91. The van der Waals surface area contributed by atoms with Crippen molar-refractivity contribution < 1.29 is 14.3 Å². The molecule has 0 aliphatic heterocycles. The van der Waals surface area contributed by atoms with Crippen LogP contribution < -0.4 is 10.6 Å². The summed E-state index contributed by atoms with van der Waals surface area (Å²) in [5.41, 5.74) is 2.30. The van der Waals surface area contributed by atoms with Gasteiger partial charge in [-0.25, -0.2) is 14.8 Å². The van der Waals surface area contributed by atoms with Crippen LogP contribution in [-0.4, -0.2) is 29.0 Å². The molecule has 7 nitrogen and oxygen atoms in total. The monoisotopic (exact) mass is 376 g/mol. The second-order valence-corrected chi connectivity index (χ2v) is 6.09. The summed E-state index contributed by atoms with van der Waals surface area (Å²) in [6, 6.07) is 17.9. The number of rotatable bonds is 6. The number of ether oxygens (including phenoxy) is 1. The minimum atomic E-state index is -0.429. The van der Waals surface area contributed by atoms with Gasteiger partial charge in [0.15, 0.2) is 0 Å². The fourth-order valence-electron chi connectivity index (χ4n) is 2.64. The van der Waals surface area contributed by atoms with Crippen molar-refractivity contribution in [1.29, 1.82) is 0 Å². The summed E-state index contributed by atoms with van der Waals surface area (Å²) >= 11 is 0. The smallest absolute Gasteiger partial charge is 0.337 e. The van der Waals surface area contributed by atoms with Gasteiger partial charge in [-0.15, -0.1) is 0 Å². The van der Waals surface area contributed by atoms with Crippen LogP contribution in [0.1, 0.15) is 39.4 Å². The summed E-state index contributed by atoms with van der Waals surface area (Å²) in [5, 5.41) is 5.98. The van der Waals surface area contributed by atoms with E-state index in [-0.39, 0.29) is 17.6 Å². The van der Waals surface area contributed by atoms with E-state index >= 15 is 0 Å². The number of esters is 1. The zero-order chi connectivity index (χ0) is 19.9. The lowest BCUT2D eigenvalue weighted by Crippen LogP contribution is -2.27. The number of hydrogen-bond donors (Lipinski definition) is 2. The molecule has 0 saturated carbocycles. The van der Waals surface area contributed by atoms with Crippen molar-refractivity contribution >= 4 is 23.4 Å². The SMILES string of the molecule is COC(=O)c1cccc(Nc2cc(C(=O)NC(C)c3ccccc3)ncn2)c1. The van der Waals surface area contributed by atoms with E-state index < -0.39 is 5.97 Å². The van der Waals surface area contributed by atoms with E-state index in [0.717, 1.165) is 5.56 Å². The van der Waals surface area contributed by atoms with Gasteiger partial charge >= 0.3 is 5.97 Å². The normalized spacial score (nSPS) is 11.4. The van der Waals surface area contributed by atoms with Crippen LogP contribution in [-0.2, 0) is 4.74 Å². The van der Waals surface area contributed by atoms with Crippen molar-refractivity contribution in [2.24, 2.45) is 0 Å². The largest absolute Gasteiger partial charge is 0.465 e. The predicted molar refractivity (Wildman–Crippen MR) is 105 cm³/mol. The first-order valence-electron chi connectivity index (χ1n) is 8.70. The Bertz CT molecular complexity index is 976. The van der Waals surface area contributed by atoms with Gasteiger partial charge in [0.2, 0.25) is 0 Å². The van der Waals surface area contributed by atoms with Crippen LogP contribution in [0, 0.1) is 0 Å². The molecule has 0 aliphatic carbocycles. The molecule has 7 heteroatoms. The zero-order valence-electron chi connectivity index (χ0n) is 15.5. The number of carbonyl (C=O) groups is 2. The molecule has 0 aliphatic rings. The summed E-state index contributed by atoms with van der Waals surface area (Å²) in [4.78, 5) is 32.4. The fourth-order valence-corrected chi connectivity index (χ4v) is 2.64. The van der Waals surface area contributed by atoms with Crippen molar-refractivity contribution in [3.05, 3.63) is 83.8 Å². The molecule has 0 fully saturated rings. The molecule has 3 aromatic rings. The third-order valence-corrected chi connectivity index (χ3v) is 4.10. The maximum Gasteiger partial charge on any atom is 0.337 e. The van der Waals surface area contributed by atoms with Crippen LogP contribution in [0.4, 0.5) is 11.5 Å². The number of hydrogen-bond acceptors (Lipinski definition) is 6. The lowest BCUT2D eigenvalue weighted by Gasteiger charge is -2.14. The molecule has 0 saturated heterocycles. The van der Waals surface area contributed by atoms with Gasteiger partial charge in [-0.2, -0.15) is 0 Å². The van der Waals surface area contributed by atoms with Gasteiger partial charge in [0.05, 0.1) is 18.7 Å². The summed E-state index contributed by atoms with van der Waals surface area (Å²) in [6.07, 6.45) is 1.31. The lowest BCUT2D eigenvalue weighted by molar-refractivity contribution is 0.0600. The molecule has 28 heavy (non-hydrogen) atoms. The van der Waals surface area contributed by atoms with Gasteiger partial charge in [-0.1, -0.05) is 36.4 Å². The van der Waals surface area contributed by atoms with Crippen LogP contribution in [0.2, 0.25) is 0 Å². The molecule has 2 N–H and O–H groups in total. The second kappa shape index (κ2) is 8.77. The Balaban J connectivity index is 1.72. The standard InChI is InChI=1S/C21H20N4O3/c1-14(15-7-4-3-5-8-15)24-20(26)18-12-19(23-13-22-18)25-17-10-6-9-16(11-17)21(27)28-2/h3-14H,1-2H3,(H,24,26)(H,22,23,25). The van der Waals surface area contributed by atoms with Gasteiger partial charge in [0.25, 0.3) is 5.91 Å². The molecule has 1 atom stereocenters. The molecule has 0 bridgehead atoms. The average molecular weight is 376 g/mol. The third kappa shape index (κ3) is 4.70. The summed E-state index contributed by atoms with van der Waals surface area (Å²) in [7, 11) is 1.33. The van der Waals surface area contributed by atoms with Gasteiger partial charge in [-0.3, -0.25) is 4.79 Å². The number of nitrogens with zero attached hydrogens (tertiary/aromatic N) is 2. The van der Waals surface area contributed by atoms with Crippen molar-refractivity contribution in [3.63, 3.8) is 0 Å². The van der Waals surface area contributed by atoms with Crippen molar-refractivity contribution in [2.45, 2.75) is 13.0 Å². The molecule has 0 radical (unpaired) electrons. The van der Waals surface area contributed by atoms with Gasteiger partial charge in [0, 0.05) is 11.8 Å². The first kappa shape index (κ1) is 19.0. The van der Waals surface area contributed by atoms with E-state index in [1.807, 2.05) is 37.3 Å². The van der Waals surface area contributed by atoms with Gasteiger partial charge in [0.1, 0.15) is 17.8 Å². The summed E-state index contributed by atoms with van der Waals surface area (Å²) in [5.74, 6) is -0.291. The molecule has 3 rings (SSSR count). The number of anilines is 2. The number of aromatic nitrogens is 2. The lowest BCUT2D eigenvalue weighted by atomic mass is 10.1. The Kier molecular flexibility index (Phi) is 5.96. The Morgan fingerprint density at radius 3 is 2.54 bits per heavy atom. The van der Waals surface area contributed by atoms with Crippen LogP contribution in [0.5, 0.6) is 0 Å². The molecule has 1 unspecified atom stereocenters. The number of carbonyl (C=O) groups excluding carboxylic acids is 2.